The van der Waals surface area contributed by atoms with Gasteiger partial charge in [0.2, 0.25) is 11.8 Å². The Kier molecular flexibility index (Phi) is 4.48. The molecule has 3 aromatic rings. The quantitative estimate of drug-likeness (QED) is 0.662. The third-order valence-corrected chi connectivity index (χ3v) is 6.41. The molecule has 3 heterocycles. The Hall–Kier alpha value is -3.38. The molecule has 2 bridgehead atoms. The number of likely N-dealkylation sites (tertiary alicyclic amines) is 1. The van der Waals surface area contributed by atoms with Crippen LogP contribution in [0.25, 0.3) is 5.69 Å². The Bertz CT molecular complexity index is 1210. The van der Waals surface area contributed by atoms with Crippen LogP contribution in [0.1, 0.15) is 43.7 Å². The number of aromatic nitrogens is 4. The van der Waals surface area contributed by atoms with E-state index in [4.69, 9.17) is 16.0 Å². The molecule has 3 atom stereocenters. The number of hydrogen-bond donors (Lipinski definition) is 1. The normalized spacial score (nSPS) is 24.4. The average molecular weight is 438 g/mol. The van der Waals surface area contributed by atoms with Gasteiger partial charge in [-0.25, -0.2) is 9.48 Å². The fraction of sp³-hybridized carbons (Fsp3) is 0.381. The summed E-state index contributed by atoms with van der Waals surface area (Å²) in [5.41, 5.74) is 0.848. The summed E-state index contributed by atoms with van der Waals surface area (Å²) >= 11 is 6.33. The zero-order chi connectivity index (χ0) is 21.8. The highest BCUT2D eigenvalue weighted by atomic mass is 35.5. The van der Waals surface area contributed by atoms with E-state index in [1.165, 1.54) is 10.9 Å². The van der Waals surface area contributed by atoms with Crippen molar-refractivity contribution in [3.8, 4) is 11.8 Å². The molecule has 2 aromatic heterocycles. The molecule has 31 heavy (non-hydrogen) atoms. The first-order chi connectivity index (χ1) is 14.9. The number of carbonyl (C=O) groups is 1. The number of benzene rings is 1. The first-order valence-electron chi connectivity index (χ1n) is 10.1. The number of fused-ring (bicyclic) bond motifs is 2. The van der Waals surface area contributed by atoms with Crippen LogP contribution in [0.4, 0.5) is 10.5 Å². The summed E-state index contributed by atoms with van der Waals surface area (Å²) in [6.45, 7) is 3.93. The highest BCUT2D eigenvalue weighted by Gasteiger charge is 2.62. The van der Waals surface area contributed by atoms with Crippen LogP contribution < -0.4 is 5.32 Å². The number of nitrogens with zero attached hydrogens (tertiary/aromatic N) is 6. The van der Waals surface area contributed by atoms with E-state index in [1.54, 1.807) is 31.2 Å². The average Bonchev–Trinajstić information content (AvgIpc) is 3.37. The van der Waals surface area contributed by atoms with E-state index in [-0.39, 0.29) is 12.1 Å². The highest BCUT2D eigenvalue weighted by molar-refractivity contribution is 6.32. The molecule has 9 nitrogen and oxygen atoms in total. The van der Waals surface area contributed by atoms with E-state index in [2.05, 4.69) is 33.6 Å². The van der Waals surface area contributed by atoms with Crippen LogP contribution in [0, 0.1) is 24.2 Å². The minimum Gasteiger partial charge on any atom is -0.423 e. The second kappa shape index (κ2) is 7.10. The van der Waals surface area contributed by atoms with E-state index in [0.29, 0.717) is 39.8 Å². The Labute approximate surface area is 183 Å². The molecule has 5 rings (SSSR count). The van der Waals surface area contributed by atoms with Crippen LogP contribution in [0.15, 0.2) is 34.9 Å². The number of aryl methyl sites for hydroxylation is 1. The van der Waals surface area contributed by atoms with Gasteiger partial charge in [-0.05, 0) is 43.0 Å². The maximum atomic E-state index is 13.3. The zero-order valence-corrected chi connectivity index (χ0v) is 17.8. The molecule has 1 aromatic carbocycles. The van der Waals surface area contributed by atoms with Crippen molar-refractivity contribution in [3.63, 3.8) is 0 Å². The van der Waals surface area contributed by atoms with E-state index in [9.17, 15) is 10.1 Å². The summed E-state index contributed by atoms with van der Waals surface area (Å²) in [6, 6.07) is 8.67. The van der Waals surface area contributed by atoms with Crippen molar-refractivity contribution in [2.45, 2.75) is 44.7 Å². The fourth-order valence-electron chi connectivity index (χ4n) is 4.95. The van der Waals surface area contributed by atoms with Crippen molar-refractivity contribution in [3.05, 3.63) is 53.0 Å². The minimum atomic E-state index is -0.571. The monoisotopic (exact) mass is 437 g/mol. The number of nitriles is 1. The largest absolute Gasteiger partial charge is 0.423 e. The van der Waals surface area contributed by atoms with Gasteiger partial charge in [0.1, 0.15) is 17.3 Å². The van der Waals surface area contributed by atoms with Gasteiger partial charge in [0, 0.05) is 25.1 Å². The topological polar surface area (TPSA) is 113 Å². The molecule has 2 amide bonds. The SMILES string of the molecule is Cc1nnc([C@@]23C[C@H](C)C[C@@H](C2)N3C(=O)Nc2ccc(Cl)c(-n3nccc3C#N)c2)o1. The molecular weight excluding hydrogens is 418 g/mol. The number of carbonyl (C=O) groups excluding carboxylic acids is 1. The molecular formula is C21H20ClN7O2. The summed E-state index contributed by atoms with van der Waals surface area (Å²) in [6.07, 6.45) is 4.06. The molecule has 0 spiro atoms. The third kappa shape index (κ3) is 3.06. The lowest BCUT2D eigenvalue weighted by atomic mass is 9.64. The summed E-state index contributed by atoms with van der Waals surface area (Å²) in [4.78, 5) is 15.2. The molecule has 1 saturated heterocycles. The molecule has 1 aliphatic heterocycles. The number of urea groups is 1. The van der Waals surface area contributed by atoms with Gasteiger partial charge in [-0.3, -0.25) is 0 Å². The molecule has 1 aliphatic carbocycles. The first kappa shape index (κ1) is 19.6. The van der Waals surface area contributed by atoms with Gasteiger partial charge >= 0.3 is 6.03 Å². The second-order valence-corrected chi connectivity index (χ2v) is 8.67. The van der Waals surface area contributed by atoms with Crippen LogP contribution in [0.2, 0.25) is 5.02 Å². The lowest BCUT2D eigenvalue weighted by Crippen LogP contribution is -2.70. The molecule has 2 fully saturated rings. The van der Waals surface area contributed by atoms with Crippen LogP contribution in [0.5, 0.6) is 0 Å². The van der Waals surface area contributed by atoms with Gasteiger partial charge in [-0.1, -0.05) is 18.5 Å². The lowest BCUT2D eigenvalue weighted by Gasteiger charge is -2.61. The van der Waals surface area contributed by atoms with Crippen LogP contribution in [-0.2, 0) is 5.54 Å². The summed E-state index contributed by atoms with van der Waals surface area (Å²) in [5, 5.41) is 25.1. The summed E-state index contributed by atoms with van der Waals surface area (Å²) in [5.74, 6) is 1.44. The van der Waals surface area contributed by atoms with Gasteiger partial charge in [0.15, 0.2) is 0 Å². The Morgan fingerprint density at radius 2 is 2.19 bits per heavy atom. The van der Waals surface area contributed by atoms with Gasteiger partial charge in [0.25, 0.3) is 0 Å². The van der Waals surface area contributed by atoms with Crippen LogP contribution in [0.3, 0.4) is 0 Å². The number of amides is 2. The maximum Gasteiger partial charge on any atom is 0.323 e. The van der Waals surface area contributed by atoms with Crippen LogP contribution >= 0.6 is 11.6 Å². The van der Waals surface area contributed by atoms with Crippen molar-refractivity contribution in [2.24, 2.45) is 5.92 Å². The Morgan fingerprint density at radius 1 is 1.35 bits per heavy atom. The van der Waals surface area contributed by atoms with Gasteiger partial charge in [0.05, 0.1) is 16.9 Å². The van der Waals surface area contributed by atoms with Gasteiger partial charge in [-0.2, -0.15) is 10.4 Å². The molecule has 1 saturated carbocycles. The predicted octanol–water partition coefficient (Wildman–Crippen LogP) is 4.02. The van der Waals surface area contributed by atoms with Crippen molar-refractivity contribution >= 4 is 23.3 Å². The fourth-order valence-corrected chi connectivity index (χ4v) is 5.15. The molecule has 10 heteroatoms. The summed E-state index contributed by atoms with van der Waals surface area (Å²) < 4.78 is 7.19. The van der Waals surface area contributed by atoms with E-state index in [1.807, 2.05) is 4.90 Å². The molecule has 2 aliphatic rings. The Morgan fingerprint density at radius 3 is 2.94 bits per heavy atom. The highest BCUT2D eigenvalue weighted by Crippen LogP contribution is 2.55. The summed E-state index contributed by atoms with van der Waals surface area (Å²) in [7, 11) is 0. The van der Waals surface area contributed by atoms with Crippen molar-refractivity contribution in [1.29, 1.82) is 5.26 Å². The Balaban J connectivity index is 1.44. The molecule has 0 unspecified atom stereocenters. The maximum absolute atomic E-state index is 13.3. The number of halogens is 1. The van der Waals surface area contributed by atoms with Gasteiger partial charge in [-0.15, -0.1) is 10.2 Å². The van der Waals surface area contributed by atoms with E-state index >= 15 is 0 Å². The number of nitrogens with one attached hydrogen (secondary N) is 1. The van der Waals surface area contributed by atoms with E-state index in [0.717, 1.165) is 19.3 Å². The molecule has 0 radical (unpaired) electrons. The van der Waals surface area contributed by atoms with Crippen molar-refractivity contribution in [1.82, 2.24) is 24.9 Å². The molecule has 158 valence electrons. The minimum absolute atomic E-state index is 0.124. The smallest absolute Gasteiger partial charge is 0.323 e. The number of anilines is 1. The first-order valence-corrected chi connectivity index (χ1v) is 10.4. The standard InChI is InChI=1S/C21H20ClN7O2/c1-12-7-16-10-21(9-12,19-27-26-13(2)31-19)28(16)20(30)25-14-3-4-17(22)18(8-14)29-15(11-23)5-6-24-29/h3-6,8,12,16H,7,9-10H2,1-2H3,(H,25,30)/t12-,16+,21-/m1/s1. The van der Waals surface area contributed by atoms with Crippen LogP contribution in [-0.4, -0.2) is 37.0 Å². The second-order valence-electron chi connectivity index (χ2n) is 8.27. The number of hydrogen-bond acceptors (Lipinski definition) is 6. The zero-order valence-electron chi connectivity index (χ0n) is 17.0. The predicted molar refractivity (Wildman–Crippen MR) is 112 cm³/mol. The van der Waals surface area contributed by atoms with Crippen molar-refractivity contribution in [2.75, 3.05) is 5.32 Å². The molecule has 1 N–H and O–H groups in total. The number of piperidine rings is 1. The van der Waals surface area contributed by atoms with Crippen molar-refractivity contribution < 1.29 is 9.21 Å². The van der Waals surface area contributed by atoms with E-state index < -0.39 is 5.54 Å². The number of rotatable bonds is 3. The lowest BCUT2D eigenvalue weighted by molar-refractivity contribution is -0.110. The third-order valence-electron chi connectivity index (χ3n) is 6.09. The van der Waals surface area contributed by atoms with Gasteiger partial charge < -0.3 is 14.6 Å².